The first-order chi connectivity index (χ1) is 10.9. The van der Waals surface area contributed by atoms with Gasteiger partial charge in [-0.25, -0.2) is 4.79 Å². The number of carboxylic acids is 1. The number of benzene rings is 2. The lowest BCUT2D eigenvalue weighted by Gasteiger charge is -2.15. The van der Waals surface area contributed by atoms with Crippen molar-refractivity contribution >= 4 is 35.1 Å². The van der Waals surface area contributed by atoms with E-state index in [4.69, 9.17) is 23.2 Å². The number of nitrogens with one attached hydrogen (secondary N) is 1. The molecule has 2 aromatic carbocycles. The Morgan fingerprint density at radius 1 is 1.09 bits per heavy atom. The molecule has 1 aliphatic rings. The van der Waals surface area contributed by atoms with E-state index in [-0.39, 0.29) is 11.5 Å². The Balaban J connectivity index is 1.84. The van der Waals surface area contributed by atoms with Gasteiger partial charge in [0.15, 0.2) is 0 Å². The maximum atomic E-state index is 12.4. The summed E-state index contributed by atoms with van der Waals surface area (Å²) in [7, 11) is 0. The fraction of sp³-hybridized carbons (Fsp3) is 0.176. The van der Waals surface area contributed by atoms with Gasteiger partial charge in [0, 0.05) is 21.5 Å². The molecule has 0 aromatic heterocycles. The van der Waals surface area contributed by atoms with Crippen LogP contribution in [0.2, 0.25) is 10.0 Å². The SMILES string of the molecule is O=C(NC1(C(=O)O)CC1c1ccccc1)c1cc(Cl)cc(Cl)c1. The van der Waals surface area contributed by atoms with E-state index in [2.05, 4.69) is 5.32 Å². The number of halogens is 2. The van der Waals surface area contributed by atoms with Gasteiger partial charge in [-0.15, -0.1) is 0 Å². The minimum Gasteiger partial charge on any atom is -0.479 e. The lowest BCUT2D eigenvalue weighted by atomic mass is 10.1. The van der Waals surface area contributed by atoms with Gasteiger partial charge in [0.05, 0.1) is 0 Å². The van der Waals surface area contributed by atoms with Gasteiger partial charge in [-0.1, -0.05) is 53.5 Å². The van der Waals surface area contributed by atoms with Crippen LogP contribution in [-0.4, -0.2) is 22.5 Å². The molecule has 3 rings (SSSR count). The third-order valence-electron chi connectivity index (χ3n) is 4.01. The summed E-state index contributed by atoms with van der Waals surface area (Å²) < 4.78 is 0. The highest BCUT2D eigenvalue weighted by Gasteiger charge is 2.62. The second kappa shape index (κ2) is 5.87. The van der Waals surface area contributed by atoms with Gasteiger partial charge in [0.1, 0.15) is 5.54 Å². The molecule has 4 nitrogen and oxygen atoms in total. The summed E-state index contributed by atoms with van der Waals surface area (Å²) in [6.07, 6.45) is 0.354. The molecule has 1 amide bonds. The van der Waals surface area contributed by atoms with Crippen LogP contribution in [0.15, 0.2) is 48.5 Å². The molecule has 2 unspecified atom stereocenters. The summed E-state index contributed by atoms with van der Waals surface area (Å²) in [6.45, 7) is 0. The summed E-state index contributed by atoms with van der Waals surface area (Å²) >= 11 is 11.8. The molecular formula is C17H13Cl2NO3. The van der Waals surface area contributed by atoms with Crippen LogP contribution in [0.25, 0.3) is 0 Å². The number of hydrogen-bond acceptors (Lipinski definition) is 2. The van der Waals surface area contributed by atoms with Crippen LogP contribution in [0.4, 0.5) is 0 Å². The summed E-state index contributed by atoms with van der Waals surface area (Å²) in [4.78, 5) is 24.1. The fourth-order valence-electron chi connectivity index (χ4n) is 2.74. The average molecular weight is 350 g/mol. The lowest BCUT2D eigenvalue weighted by Crippen LogP contribution is -2.44. The molecule has 0 saturated heterocycles. The maximum Gasteiger partial charge on any atom is 0.330 e. The molecule has 2 aromatic rings. The largest absolute Gasteiger partial charge is 0.479 e. The molecule has 0 heterocycles. The first-order valence-electron chi connectivity index (χ1n) is 6.99. The van der Waals surface area contributed by atoms with Crippen molar-refractivity contribution < 1.29 is 14.7 Å². The monoisotopic (exact) mass is 349 g/mol. The highest BCUT2D eigenvalue weighted by Crippen LogP contribution is 2.51. The fourth-order valence-corrected chi connectivity index (χ4v) is 3.26. The van der Waals surface area contributed by atoms with Crippen LogP contribution in [0, 0.1) is 0 Å². The summed E-state index contributed by atoms with van der Waals surface area (Å²) in [5.74, 6) is -1.80. The Morgan fingerprint density at radius 3 is 2.26 bits per heavy atom. The Morgan fingerprint density at radius 2 is 1.70 bits per heavy atom. The van der Waals surface area contributed by atoms with Crippen molar-refractivity contribution in [1.29, 1.82) is 0 Å². The Kier molecular flexibility index (Phi) is 4.04. The third kappa shape index (κ3) is 3.05. The van der Waals surface area contributed by atoms with E-state index in [1.165, 1.54) is 18.2 Å². The Hall–Kier alpha value is -2.04. The molecule has 0 bridgehead atoms. The zero-order chi connectivity index (χ0) is 16.6. The van der Waals surface area contributed by atoms with Crippen molar-refractivity contribution in [3.05, 3.63) is 69.7 Å². The van der Waals surface area contributed by atoms with Crippen molar-refractivity contribution in [2.75, 3.05) is 0 Å². The predicted octanol–water partition coefficient (Wildman–Crippen LogP) is 3.73. The molecule has 23 heavy (non-hydrogen) atoms. The molecule has 2 N–H and O–H groups in total. The lowest BCUT2D eigenvalue weighted by molar-refractivity contribution is -0.140. The van der Waals surface area contributed by atoms with Crippen LogP contribution in [-0.2, 0) is 4.79 Å². The molecule has 0 aliphatic heterocycles. The summed E-state index contributed by atoms with van der Waals surface area (Å²) in [5.41, 5.74) is -0.158. The van der Waals surface area contributed by atoms with Crippen LogP contribution in [0.3, 0.4) is 0 Å². The van der Waals surface area contributed by atoms with Crippen LogP contribution in [0.5, 0.6) is 0 Å². The van der Waals surface area contributed by atoms with E-state index in [1.54, 1.807) is 0 Å². The Bertz CT molecular complexity index is 758. The number of carboxylic acid groups (broad SMARTS) is 1. The number of rotatable bonds is 4. The second-order valence-corrected chi connectivity index (χ2v) is 6.43. The highest BCUT2D eigenvalue weighted by atomic mass is 35.5. The smallest absolute Gasteiger partial charge is 0.330 e. The zero-order valence-corrected chi connectivity index (χ0v) is 13.4. The van der Waals surface area contributed by atoms with Gasteiger partial charge < -0.3 is 10.4 Å². The molecule has 118 valence electrons. The molecule has 1 aliphatic carbocycles. The van der Waals surface area contributed by atoms with Crippen LogP contribution in [0.1, 0.15) is 28.3 Å². The minimum atomic E-state index is -1.28. The maximum absolute atomic E-state index is 12.4. The van der Waals surface area contributed by atoms with Gasteiger partial charge in [0.2, 0.25) is 0 Å². The average Bonchev–Trinajstić information content (AvgIpc) is 3.23. The molecule has 2 atom stereocenters. The van der Waals surface area contributed by atoms with E-state index >= 15 is 0 Å². The number of aliphatic carboxylic acids is 1. The number of carbonyl (C=O) groups excluding carboxylic acids is 1. The van der Waals surface area contributed by atoms with E-state index in [1.807, 2.05) is 30.3 Å². The second-order valence-electron chi connectivity index (χ2n) is 5.56. The van der Waals surface area contributed by atoms with Crippen LogP contribution >= 0.6 is 23.2 Å². The number of carbonyl (C=O) groups is 2. The van der Waals surface area contributed by atoms with E-state index < -0.39 is 17.4 Å². The summed E-state index contributed by atoms with van der Waals surface area (Å²) in [5, 5.41) is 12.8. The summed E-state index contributed by atoms with van der Waals surface area (Å²) in [6, 6.07) is 13.7. The first-order valence-corrected chi connectivity index (χ1v) is 7.75. The molecule has 0 spiro atoms. The van der Waals surface area contributed by atoms with E-state index in [0.29, 0.717) is 16.5 Å². The van der Waals surface area contributed by atoms with Gasteiger partial charge >= 0.3 is 5.97 Å². The van der Waals surface area contributed by atoms with Gasteiger partial charge in [-0.2, -0.15) is 0 Å². The standard InChI is InChI=1S/C17H13Cl2NO3/c18-12-6-11(7-13(19)8-12)15(21)20-17(16(22)23)9-14(17)10-4-2-1-3-5-10/h1-8,14H,9H2,(H,20,21)(H,22,23). The molecule has 1 saturated carbocycles. The normalized spacial score (nSPS) is 22.4. The van der Waals surface area contributed by atoms with Crippen LogP contribution < -0.4 is 5.32 Å². The zero-order valence-electron chi connectivity index (χ0n) is 11.9. The predicted molar refractivity (Wildman–Crippen MR) is 88.1 cm³/mol. The molecule has 6 heteroatoms. The highest BCUT2D eigenvalue weighted by molar-refractivity contribution is 6.35. The van der Waals surface area contributed by atoms with Gasteiger partial charge in [0.25, 0.3) is 5.91 Å². The van der Waals surface area contributed by atoms with Gasteiger partial charge in [-0.3, -0.25) is 4.79 Å². The topological polar surface area (TPSA) is 66.4 Å². The minimum absolute atomic E-state index is 0.238. The third-order valence-corrected chi connectivity index (χ3v) is 4.44. The number of hydrogen-bond donors (Lipinski definition) is 2. The molecule has 1 fully saturated rings. The quantitative estimate of drug-likeness (QED) is 0.883. The molecule has 0 radical (unpaired) electrons. The molecular weight excluding hydrogens is 337 g/mol. The van der Waals surface area contributed by atoms with Crippen molar-refractivity contribution in [3.8, 4) is 0 Å². The Labute approximate surface area is 143 Å². The van der Waals surface area contributed by atoms with Gasteiger partial charge in [-0.05, 0) is 30.2 Å². The van der Waals surface area contributed by atoms with Crippen molar-refractivity contribution in [2.45, 2.75) is 17.9 Å². The van der Waals surface area contributed by atoms with Crippen molar-refractivity contribution in [2.24, 2.45) is 0 Å². The van der Waals surface area contributed by atoms with E-state index in [0.717, 1.165) is 5.56 Å². The van der Waals surface area contributed by atoms with E-state index in [9.17, 15) is 14.7 Å². The first kappa shape index (κ1) is 15.8. The van der Waals surface area contributed by atoms with Crippen molar-refractivity contribution in [1.82, 2.24) is 5.32 Å². The van der Waals surface area contributed by atoms with Crippen molar-refractivity contribution in [3.63, 3.8) is 0 Å². The number of amides is 1.